The lowest BCUT2D eigenvalue weighted by molar-refractivity contribution is 0.0527. The number of anilines is 1. The van der Waals surface area contributed by atoms with Gasteiger partial charge in [-0.3, -0.25) is 10.8 Å². The number of nitrogens with two attached hydrogens (primary N) is 1. The van der Waals surface area contributed by atoms with E-state index in [2.05, 4.69) is 10.4 Å². The summed E-state index contributed by atoms with van der Waals surface area (Å²) in [6, 6.07) is 2.34. The van der Waals surface area contributed by atoms with Gasteiger partial charge in [-0.25, -0.2) is 9.18 Å². The number of carbonyl (C=O) groups excluding carboxylic acids is 1. The molecule has 0 aliphatic heterocycles. The number of pyridine rings is 1. The second-order valence-electron chi connectivity index (χ2n) is 3.70. The highest BCUT2D eigenvalue weighted by atomic mass is 35.5. The second-order valence-corrected chi connectivity index (χ2v) is 4.10. The van der Waals surface area contributed by atoms with Crippen molar-refractivity contribution in [3.05, 3.63) is 34.7 Å². The average molecular weight is 284 g/mol. The van der Waals surface area contributed by atoms with E-state index < -0.39 is 11.8 Å². The van der Waals surface area contributed by atoms with Crippen LogP contribution in [0.3, 0.4) is 0 Å². The molecule has 0 amide bonds. The lowest BCUT2D eigenvalue weighted by atomic mass is 10.1. The van der Waals surface area contributed by atoms with E-state index in [1.807, 2.05) is 0 Å². The Morgan fingerprint density at radius 2 is 2.32 bits per heavy atom. The quantitative estimate of drug-likeness (QED) is 0.514. The minimum atomic E-state index is -0.592. The minimum absolute atomic E-state index is 0.124. The van der Waals surface area contributed by atoms with Crippen LogP contribution in [0.25, 0.3) is 10.9 Å². The molecular formula is C12H11ClFN3O2. The molecule has 7 heteroatoms. The largest absolute Gasteiger partial charge is 0.462 e. The Hall–Kier alpha value is -1.92. The summed E-state index contributed by atoms with van der Waals surface area (Å²) < 4.78 is 18.3. The van der Waals surface area contributed by atoms with Gasteiger partial charge in [-0.05, 0) is 19.1 Å². The third-order valence-electron chi connectivity index (χ3n) is 2.53. The smallest absolute Gasteiger partial charge is 0.341 e. The number of nitrogens with zero attached hydrogens (tertiary/aromatic N) is 1. The first-order valence-electron chi connectivity index (χ1n) is 5.50. The number of rotatable bonds is 3. The Kier molecular flexibility index (Phi) is 3.82. The molecule has 3 N–H and O–H groups in total. The van der Waals surface area contributed by atoms with E-state index in [4.69, 9.17) is 22.2 Å². The summed E-state index contributed by atoms with van der Waals surface area (Å²) >= 11 is 5.90. The zero-order valence-corrected chi connectivity index (χ0v) is 10.8. The maximum absolute atomic E-state index is 13.4. The number of benzene rings is 1. The van der Waals surface area contributed by atoms with Crippen molar-refractivity contribution in [2.75, 3.05) is 12.0 Å². The minimum Gasteiger partial charge on any atom is -0.462 e. The molecule has 5 nitrogen and oxygen atoms in total. The van der Waals surface area contributed by atoms with E-state index in [1.54, 1.807) is 6.92 Å². The van der Waals surface area contributed by atoms with Gasteiger partial charge in [-0.2, -0.15) is 0 Å². The maximum Gasteiger partial charge on any atom is 0.341 e. The monoisotopic (exact) mass is 283 g/mol. The third kappa shape index (κ3) is 2.45. The first-order valence-corrected chi connectivity index (χ1v) is 5.87. The van der Waals surface area contributed by atoms with Crippen LogP contribution in [-0.4, -0.2) is 17.6 Å². The molecule has 0 saturated carbocycles. The van der Waals surface area contributed by atoms with Crippen LogP contribution in [0, 0.1) is 5.82 Å². The Morgan fingerprint density at radius 1 is 1.58 bits per heavy atom. The first kappa shape index (κ1) is 13.5. The van der Waals surface area contributed by atoms with E-state index in [0.717, 1.165) is 6.07 Å². The van der Waals surface area contributed by atoms with Crippen molar-refractivity contribution >= 4 is 34.2 Å². The van der Waals surface area contributed by atoms with Crippen LogP contribution in [0.5, 0.6) is 0 Å². The van der Waals surface area contributed by atoms with Gasteiger partial charge in [0.2, 0.25) is 0 Å². The molecule has 0 aliphatic carbocycles. The van der Waals surface area contributed by atoms with Crippen LogP contribution in [0.4, 0.5) is 10.1 Å². The number of aromatic nitrogens is 1. The number of hydrazine groups is 1. The molecule has 0 aliphatic rings. The van der Waals surface area contributed by atoms with Crippen molar-refractivity contribution in [2.24, 2.45) is 5.84 Å². The Morgan fingerprint density at radius 3 is 2.95 bits per heavy atom. The van der Waals surface area contributed by atoms with Crippen LogP contribution in [0.15, 0.2) is 18.3 Å². The van der Waals surface area contributed by atoms with Crippen molar-refractivity contribution in [1.29, 1.82) is 0 Å². The highest BCUT2D eigenvalue weighted by Gasteiger charge is 2.17. The zero-order valence-electron chi connectivity index (χ0n) is 10.0. The normalized spacial score (nSPS) is 10.5. The summed E-state index contributed by atoms with van der Waals surface area (Å²) in [5, 5.41) is 0.458. The molecule has 1 aromatic heterocycles. The van der Waals surface area contributed by atoms with Crippen molar-refractivity contribution < 1.29 is 13.9 Å². The van der Waals surface area contributed by atoms with Gasteiger partial charge in [0.1, 0.15) is 11.4 Å². The molecule has 2 rings (SSSR count). The second kappa shape index (κ2) is 5.38. The Balaban J connectivity index is 2.72. The SMILES string of the molecule is CCOC(=O)c1cnc2c(Cl)cc(F)cc2c1NN. The topological polar surface area (TPSA) is 77.2 Å². The molecule has 2 aromatic rings. The van der Waals surface area contributed by atoms with Gasteiger partial charge >= 0.3 is 5.97 Å². The first-order chi connectivity index (χ1) is 9.08. The lowest BCUT2D eigenvalue weighted by Gasteiger charge is -2.11. The fourth-order valence-corrected chi connectivity index (χ4v) is 2.00. The van der Waals surface area contributed by atoms with Crippen LogP contribution in [-0.2, 0) is 4.74 Å². The molecule has 0 saturated heterocycles. The number of halogens is 2. The Labute approximate surface area is 113 Å². The summed E-state index contributed by atoms with van der Waals surface area (Å²) in [6.45, 7) is 1.89. The zero-order chi connectivity index (χ0) is 14.0. The van der Waals surface area contributed by atoms with Crippen LogP contribution >= 0.6 is 11.6 Å². The summed E-state index contributed by atoms with van der Waals surface area (Å²) in [5.41, 5.74) is 3.07. The summed E-state index contributed by atoms with van der Waals surface area (Å²) in [6.07, 6.45) is 1.29. The lowest BCUT2D eigenvalue weighted by Crippen LogP contribution is -2.15. The number of carbonyl (C=O) groups is 1. The van der Waals surface area contributed by atoms with Gasteiger partial charge in [-0.1, -0.05) is 11.6 Å². The summed E-state index contributed by atoms with van der Waals surface area (Å²) in [4.78, 5) is 15.8. The maximum atomic E-state index is 13.4. The molecule has 0 unspecified atom stereocenters. The van der Waals surface area contributed by atoms with Crippen molar-refractivity contribution in [3.63, 3.8) is 0 Å². The van der Waals surface area contributed by atoms with E-state index in [0.29, 0.717) is 10.9 Å². The highest BCUT2D eigenvalue weighted by Crippen LogP contribution is 2.31. The fourth-order valence-electron chi connectivity index (χ4n) is 1.75. The van der Waals surface area contributed by atoms with E-state index in [9.17, 15) is 9.18 Å². The number of hydrogen-bond donors (Lipinski definition) is 2. The average Bonchev–Trinajstić information content (AvgIpc) is 2.37. The van der Waals surface area contributed by atoms with Gasteiger partial charge in [0, 0.05) is 11.6 Å². The molecular weight excluding hydrogens is 273 g/mol. The van der Waals surface area contributed by atoms with Gasteiger partial charge in [-0.15, -0.1) is 0 Å². The predicted octanol–water partition coefficient (Wildman–Crippen LogP) is 2.49. The molecule has 0 atom stereocenters. The standard InChI is InChI=1S/C12H11ClFN3O2/c1-2-19-12(18)8-5-16-11-7(10(8)17-15)3-6(14)4-9(11)13/h3-5H,2,15H2,1H3,(H,16,17). The van der Waals surface area contributed by atoms with Gasteiger partial charge in [0.05, 0.1) is 22.8 Å². The Bertz CT molecular complexity index is 648. The molecule has 1 aromatic carbocycles. The predicted molar refractivity (Wildman–Crippen MR) is 70.5 cm³/mol. The number of hydrogen-bond acceptors (Lipinski definition) is 5. The van der Waals surface area contributed by atoms with Crippen molar-refractivity contribution in [1.82, 2.24) is 4.98 Å². The molecule has 0 spiro atoms. The third-order valence-corrected chi connectivity index (χ3v) is 2.82. The molecule has 0 fully saturated rings. The van der Waals surface area contributed by atoms with E-state index >= 15 is 0 Å². The molecule has 0 radical (unpaired) electrons. The van der Waals surface area contributed by atoms with Crippen molar-refractivity contribution in [2.45, 2.75) is 6.92 Å². The summed E-state index contributed by atoms with van der Waals surface area (Å²) in [5.74, 6) is 4.26. The van der Waals surface area contributed by atoms with Crippen LogP contribution in [0.1, 0.15) is 17.3 Å². The van der Waals surface area contributed by atoms with Crippen LogP contribution < -0.4 is 11.3 Å². The number of nitrogens with one attached hydrogen (secondary N) is 1. The fraction of sp³-hybridized carbons (Fsp3) is 0.167. The van der Waals surface area contributed by atoms with Gasteiger partial charge in [0.25, 0.3) is 0 Å². The van der Waals surface area contributed by atoms with E-state index in [-0.39, 0.29) is 22.9 Å². The van der Waals surface area contributed by atoms with Crippen LogP contribution in [0.2, 0.25) is 5.02 Å². The molecule has 100 valence electrons. The number of esters is 1. The van der Waals surface area contributed by atoms with Crippen molar-refractivity contribution in [3.8, 4) is 0 Å². The molecule has 19 heavy (non-hydrogen) atoms. The summed E-state index contributed by atoms with van der Waals surface area (Å²) in [7, 11) is 0. The molecule has 1 heterocycles. The van der Waals surface area contributed by atoms with E-state index in [1.165, 1.54) is 12.3 Å². The number of fused-ring (bicyclic) bond motifs is 1. The number of nitrogen functional groups attached to an aromatic ring is 1. The van der Waals surface area contributed by atoms with Gasteiger partial charge < -0.3 is 10.2 Å². The highest BCUT2D eigenvalue weighted by molar-refractivity contribution is 6.35. The van der Waals surface area contributed by atoms with Gasteiger partial charge in [0.15, 0.2) is 0 Å². The molecule has 0 bridgehead atoms. The number of ether oxygens (including phenoxy) is 1.